The molecule has 0 amide bonds. The third kappa shape index (κ3) is 3.04. The summed E-state index contributed by atoms with van der Waals surface area (Å²) < 4.78 is 4.86. The Morgan fingerprint density at radius 1 is 1.71 bits per heavy atom. The van der Waals surface area contributed by atoms with Crippen molar-refractivity contribution in [2.24, 2.45) is 5.92 Å². The average molecular weight is 254 g/mol. The molecule has 2 unspecified atom stereocenters. The SMILES string of the molecule is CCC(NC(C(=O)OC)C1CC1)c1nccs1. The molecule has 1 aromatic rings. The Morgan fingerprint density at radius 3 is 2.94 bits per heavy atom. The average Bonchev–Trinajstić information content (AvgIpc) is 3.04. The highest BCUT2D eigenvalue weighted by Crippen LogP contribution is 2.34. The molecule has 0 spiro atoms. The van der Waals surface area contributed by atoms with Crippen LogP contribution in [0.15, 0.2) is 11.6 Å². The van der Waals surface area contributed by atoms with E-state index in [0.29, 0.717) is 5.92 Å². The van der Waals surface area contributed by atoms with Crippen molar-refractivity contribution in [3.05, 3.63) is 16.6 Å². The molecule has 1 N–H and O–H groups in total. The summed E-state index contributed by atoms with van der Waals surface area (Å²) in [5.41, 5.74) is 0. The van der Waals surface area contributed by atoms with E-state index in [4.69, 9.17) is 4.74 Å². The fourth-order valence-corrected chi connectivity index (χ4v) is 2.72. The van der Waals surface area contributed by atoms with Crippen LogP contribution in [0.3, 0.4) is 0 Å². The van der Waals surface area contributed by atoms with E-state index in [1.165, 1.54) is 7.11 Å². The Labute approximate surface area is 105 Å². The topological polar surface area (TPSA) is 51.2 Å². The second kappa shape index (κ2) is 5.60. The Balaban J connectivity index is 2.03. The number of ether oxygens (including phenoxy) is 1. The Hall–Kier alpha value is -0.940. The van der Waals surface area contributed by atoms with Crippen LogP contribution < -0.4 is 5.32 Å². The lowest BCUT2D eigenvalue weighted by Gasteiger charge is -2.21. The fourth-order valence-electron chi connectivity index (χ4n) is 1.94. The van der Waals surface area contributed by atoms with Crippen LogP contribution in [0.25, 0.3) is 0 Å². The summed E-state index contributed by atoms with van der Waals surface area (Å²) in [6.07, 6.45) is 4.95. The number of thiazole rings is 1. The molecule has 94 valence electrons. The summed E-state index contributed by atoms with van der Waals surface area (Å²) in [7, 11) is 1.45. The fraction of sp³-hybridized carbons (Fsp3) is 0.667. The standard InChI is InChI=1S/C12H18N2O2S/c1-3-9(11-13-6-7-17-11)14-10(8-4-5-8)12(15)16-2/h6-10,14H,3-5H2,1-2H3. The third-order valence-corrected chi connectivity index (χ3v) is 3.98. The predicted octanol–water partition coefficient (Wildman–Crippen LogP) is 2.14. The predicted molar refractivity (Wildman–Crippen MR) is 66.8 cm³/mol. The first kappa shape index (κ1) is 12.5. The van der Waals surface area contributed by atoms with Crippen molar-refractivity contribution >= 4 is 17.3 Å². The Kier molecular flexibility index (Phi) is 4.12. The molecule has 4 nitrogen and oxygen atoms in total. The van der Waals surface area contributed by atoms with Crippen LogP contribution in [0.1, 0.15) is 37.2 Å². The normalized spacial score (nSPS) is 18.7. The van der Waals surface area contributed by atoms with Crippen LogP contribution in [-0.4, -0.2) is 24.1 Å². The number of carbonyl (C=O) groups is 1. The van der Waals surface area contributed by atoms with Crippen molar-refractivity contribution in [1.82, 2.24) is 10.3 Å². The van der Waals surface area contributed by atoms with Crippen LogP contribution in [0, 0.1) is 5.92 Å². The Bertz CT molecular complexity index is 363. The van der Waals surface area contributed by atoms with Crippen LogP contribution in [0.5, 0.6) is 0 Å². The molecule has 0 aliphatic heterocycles. The lowest BCUT2D eigenvalue weighted by atomic mass is 10.1. The molecule has 1 fully saturated rings. The molecule has 0 radical (unpaired) electrons. The van der Waals surface area contributed by atoms with Crippen molar-refractivity contribution in [2.75, 3.05) is 7.11 Å². The molecule has 1 aliphatic carbocycles. The summed E-state index contributed by atoms with van der Waals surface area (Å²) in [6.45, 7) is 2.10. The van der Waals surface area contributed by atoms with Gasteiger partial charge < -0.3 is 4.74 Å². The van der Waals surface area contributed by atoms with Crippen LogP contribution in [-0.2, 0) is 9.53 Å². The molecule has 2 rings (SSSR count). The van der Waals surface area contributed by atoms with Gasteiger partial charge in [-0.25, -0.2) is 4.98 Å². The van der Waals surface area contributed by atoms with Gasteiger partial charge in [0.1, 0.15) is 11.0 Å². The van der Waals surface area contributed by atoms with Gasteiger partial charge in [-0.3, -0.25) is 10.1 Å². The van der Waals surface area contributed by atoms with E-state index >= 15 is 0 Å². The van der Waals surface area contributed by atoms with Gasteiger partial charge in [0.15, 0.2) is 0 Å². The summed E-state index contributed by atoms with van der Waals surface area (Å²) >= 11 is 1.62. The zero-order valence-corrected chi connectivity index (χ0v) is 11.0. The number of hydrogen-bond donors (Lipinski definition) is 1. The second-order valence-electron chi connectivity index (χ2n) is 4.34. The van der Waals surface area contributed by atoms with E-state index in [-0.39, 0.29) is 18.1 Å². The number of hydrogen-bond acceptors (Lipinski definition) is 5. The Morgan fingerprint density at radius 2 is 2.47 bits per heavy atom. The van der Waals surface area contributed by atoms with Gasteiger partial charge >= 0.3 is 5.97 Å². The number of aromatic nitrogens is 1. The van der Waals surface area contributed by atoms with Crippen molar-refractivity contribution < 1.29 is 9.53 Å². The minimum absolute atomic E-state index is 0.150. The number of carbonyl (C=O) groups excluding carboxylic acids is 1. The van der Waals surface area contributed by atoms with Crippen molar-refractivity contribution in [2.45, 2.75) is 38.3 Å². The molecule has 1 aromatic heterocycles. The molecular weight excluding hydrogens is 236 g/mol. The maximum Gasteiger partial charge on any atom is 0.323 e. The van der Waals surface area contributed by atoms with Crippen LogP contribution in [0.4, 0.5) is 0 Å². The molecule has 17 heavy (non-hydrogen) atoms. The number of nitrogens with zero attached hydrogens (tertiary/aromatic N) is 1. The summed E-state index contributed by atoms with van der Waals surface area (Å²) in [4.78, 5) is 16.0. The molecule has 1 heterocycles. The summed E-state index contributed by atoms with van der Waals surface area (Å²) in [6, 6.07) is -0.0199. The lowest BCUT2D eigenvalue weighted by molar-refractivity contribution is -0.144. The number of methoxy groups -OCH3 is 1. The first-order valence-electron chi connectivity index (χ1n) is 5.99. The van der Waals surface area contributed by atoms with Gasteiger partial charge in [-0.15, -0.1) is 11.3 Å². The van der Waals surface area contributed by atoms with Gasteiger partial charge in [-0.05, 0) is 25.2 Å². The van der Waals surface area contributed by atoms with Gasteiger partial charge in [0, 0.05) is 11.6 Å². The molecule has 0 aromatic carbocycles. The lowest BCUT2D eigenvalue weighted by Crippen LogP contribution is -2.41. The van der Waals surface area contributed by atoms with E-state index in [0.717, 1.165) is 24.3 Å². The van der Waals surface area contributed by atoms with Crippen LogP contribution >= 0.6 is 11.3 Å². The van der Waals surface area contributed by atoms with E-state index in [1.807, 2.05) is 5.38 Å². The quantitative estimate of drug-likeness (QED) is 0.790. The van der Waals surface area contributed by atoms with Crippen LogP contribution in [0.2, 0.25) is 0 Å². The molecule has 0 bridgehead atoms. The van der Waals surface area contributed by atoms with Gasteiger partial charge in [0.2, 0.25) is 0 Å². The van der Waals surface area contributed by atoms with Gasteiger partial charge in [-0.2, -0.15) is 0 Å². The van der Waals surface area contributed by atoms with E-state index < -0.39 is 0 Å². The van der Waals surface area contributed by atoms with Crippen molar-refractivity contribution in [3.63, 3.8) is 0 Å². The highest BCUT2D eigenvalue weighted by molar-refractivity contribution is 7.09. The number of esters is 1. The van der Waals surface area contributed by atoms with Gasteiger partial charge in [0.25, 0.3) is 0 Å². The van der Waals surface area contributed by atoms with E-state index in [9.17, 15) is 4.79 Å². The zero-order valence-electron chi connectivity index (χ0n) is 10.2. The molecule has 0 saturated heterocycles. The number of nitrogens with one attached hydrogen (secondary N) is 1. The minimum Gasteiger partial charge on any atom is -0.468 e. The smallest absolute Gasteiger partial charge is 0.323 e. The highest BCUT2D eigenvalue weighted by Gasteiger charge is 2.38. The van der Waals surface area contributed by atoms with Crippen molar-refractivity contribution in [3.8, 4) is 0 Å². The number of rotatable bonds is 6. The largest absolute Gasteiger partial charge is 0.468 e. The monoisotopic (exact) mass is 254 g/mol. The van der Waals surface area contributed by atoms with Crippen molar-refractivity contribution in [1.29, 1.82) is 0 Å². The van der Waals surface area contributed by atoms with E-state index in [1.54, 1.807) is 17.5 Å². The maximum atomic E-state index is 11.7. The summed E-state index contributed by atoms with van der Waals surface area (Å²) in [5, 5.41) is 6.40. The molecular formula is C12H18N2O2S. The second-order valence-corrected chi connectivity index (χ2v) is 5.26. The molecule has 1 saturated carbocycles. The molecule has 2 atom stereocenters. The molecule has 5 heteroatoms. The van der Waals surface area contributed by atoms with Gasteiger partial charge in [0.05, 0.1) is 13.2 Å². The maximum absolute atomic E-state index is 11.7. The zero-order chi connectivity index (χ0) is 12.3. The molecule has 1 aliphatic rings. The first-order valence-corrected chi connectivity index (χ1v) is 6.87. The minimum atomic E-state index is -0.172. The summed E-state index contributed by atoms with van der Waals surface area (Å²) in [5.74, 6) is 0.291. The van der Waals surface area contributed by atoms with E-state index in [2.05, 4.69) is 17.2 Å². The first-order chi connectivity index (χ1) is 8.26. The van der Waals surface area contributed by atoms with Gasteiger partial charge in [-0.1, -0.05) is 6.92 Å². The third-order valence-electron chi connectivity index (χ3n) is 3.09. The highest BCUT2D eigenvalue weighted by atomic mass is 32.1.